The summed E-state index contributed by atoms with van der Waals surface area (Å²) >= 11 is 0. The molecule has 3 aromatic rings. The van der Waals surface area contributed by atoms with E-state index in [1.165, 1.54) is 51.7 Å². The molecule has 1 heterocycles. The van der Waals surface area contributed by atoms with Gasteiger partial charge in [0.15, 0.2) is 11.5 Å². The largest absolute Gasteiger partial charge is 0.507 e. The maximum absolute atomic E-state index is 15.0. The van der Waals surface area contributed by atoms with Gasteiger partial charge in [-0.2, -0.15) is 0 Å². The second-order valence-corrected chi connectivity index (χ2v) is 7.46. The van der Waals surface area contributed by atoms with Crippen molar-refractivity contribution in [2.45, 2.75) is 6.04 Å². The van der Waals surface area contributed by atoms with Gasteiger partial charge >= 0.3 is 0 Å². The van der Waals surface area contributed by atoms with E-state index in [1.807, 2.05) is 0 Å². The molecular weight excluding hydrogens is 441 g/mol. The first-order valence-electron chi connectivity index (χ1n) is 10.3. The predicted molar refractivity (Wildman–Crippen MR) is 124 cm³/mol. The third kappa shape index (κ3) is 3.83. The number of aliphatic hydroxyl groups is 1. The zero-order valence-corrected chi connectivity index (χ0v) is 18.7. The highest BCUT2D eigenvalue weighted by Crippen LogP contribution is 2.44. The standard InChI is InChI=1S/C26H22FNO6/c1-32-17-8-6-7-16(14-17)28-23(18-9-4-5-10-19(18)27)22(25(30)26(28)31)24(29)15-11-12-20(33-2)21(13-15)34-3/h4-14,23,29H,1-3H3/b24-22+. The van der Waals surface area contributed by atoms with Crippen LogP contribution in [0.4, 0.5) is 10.1 Å². The summed E-state index contributed by atoms with van der Waals surface area (Å²) in [5, 5.41) is 11.2. The molecule has 8 heteroatoms. The van der Waals surface area contributed by atoms with Gasteiger partial charge in [0.05, 0.1) is 32.9 Å². The number of halogens is 1. The number of hydrogen-bond donors (Lipinski definition) is 1. The van der Waals surface area contributed by atoms with Crippen molar-refractivity contribution >= 4 is 23.1 Å². The Kier molecular flexibility index (Phi) is 6.23. The average Bonchev–Trinajstić information content (AvgIpc) is 3.13. The van der Waals surface area contributed by atoms with Crippen molar-refractivity contribution in [2.75, 3.05) is 26.2 Å². The minimum atomic E-state index is -1.21. The van der Waals surface area contributed by atoms with Gasteiger partial charge in [-0.3, -0.25) is 14.5 Å². The smallest absolute Gasteiger partial charge is 0.300 e. The molecule has 1 N–H and O–H groups in total. The van der Waals surface area contributed by atoms with Gasteiger partial charge in [-0.1, -0.05) is 24.3 Å². The Labute approximate surface area is 195 Å². The third-order valence-electron chi connectivity index (χ3n) is 5.63. The lowest BCUT2D eigenvalue weighted by Gasteiger charge is -2.26. The molecule has 0 bridgehead atoms. The molecule has 1 fully saturated rings. The number of ketones is 1. The van der Waals surface area contributed by atoms with Crippen LogP contribution in [0.15, 0.2) is 72.3 Å². The number of anilines is 1. The molecule has 34 heavy (non-hydrogen) atoms. The van der Waals surface area contributed by atoms with Gasteiger partial charge in [0.1, 0.15) is 17.3 Å². The number of carbonyl (C=O) groups excluding carboxylic acids is 2. The highest BCUT2D eigenvalue weighted by atomic mass is 19.1. The maximum atomic E-state index is 15.0. The number of hydrogen-bond acceptors (Lipinski definition) is 6. The maximum Gasteiger partial charge on any atom is 0.300 e. The van der Waals surface area contributed by atoms with Crippen LogP contribution in [-0.4, -0.2) is 38.1 Å². The van der Waals surface area contributed by atoms with Gasteiger partial charge in [-0.25, -0.2) is 4.39 Å². The zero-order valence-electron chi connectivity index (χ0n) is 18.7. The molecule has 3 aromatic carbocycles. The molecule has 4 rings (SSSR count). The Morgan fingerprint density at radius 1 is 0.882 bits per heavy atom. The zero-order chi connectivity index (χ0) is 24.4. The molecule has 0 aromatic heterocycles. The predicted octanol–water partition coefficient (Wildman–Crippen LogP) is 4.48. The van der Waals surface area contributed by atoms with Gasteiger partial charge in [0, 0.05) is 22.9 Å². The second kappa shape index (κ2) is 9.27. The molecule has 0 spiro atoms. The van der Waals surface area contributed by atoms with Crippen molar-refractivity contribution in [2.24, 2.45) is 0 Å². The number of rotatable bonds is 6. The van der Waals surface area contributed by atoms with Crippen LogP contribution in [0.1, 0.15) is 17.2 Å². The van der Waals surface area contributed by atoms with Crippen molar-refractivity contribution in [1.29, 1.82) is 0 Å². The summed E-state index contributed by atoms with van der Waals surface area (Å²) in [6, 6.07) is 15.7. The molecule has 1 amide bonds. The third-order valence-corrected chi connectivity index (χ3v) is 5.63. The first-order chi connectivity index (χ1) is 16.4. The summed E-state index contributed by atoms with van der Waals surface area (Å²) in [7, 11) is 4.37. The molecule has 1 saturated heterocycles. The van der Waals surface area contributed by atoms with Crippen molar-refractivity contribution in [3.63, 3.8) is 0 Å². The number of methoxy groups -OCH3 is 3. The SMILES string of the molecule is COc1cccc(N2C(=O)C(=O)/C(=C(/O)c3ccc(OC)c(OC)c3)C2c2ccccc2F)c1. The summed E-state index contributed by atoms with van der Waals surface area (Å²) in [6.07, 6.45) is 0. The van der Waals surface area contributed by atoms with E-state index < -0.39 is 29.3 Å². The summed E-state index contributed by atoms with van der Waals surface area (Å²) in [6.45, 7) is 0. The van der Waals surface area contributed by atoms with Crippen LogP contribution in [0.5, 0.6) is 17.2 Å². The van der Waals surface area contributed by atoms with E-state index in [4.69, 9.17) is 14.2 Å². The Hall–Kier alpha value is -4.33. The highest BCUT2D eigenvalue weighted by Gasteiger charge is 2.48. The Balaban J connectivity index is 1.96. The first-order valence-corrected chi connectivity index (χ1v) is 10.3. The van der Waals surface area contributed by atoms with Crippen molar-refractivity contribution in [1.82, 2.24) is 0 Å². The lowest BCUT2D eigenvalue weighted by Crippen LogP contribution is -2.29. The van der Waals surface area contributed by atoms with E-state index in [2.05, 4.69) is 0 Å². The lowest BCUT2D eigenvalue weighted by molar-refractivity contribution is -0.132. The molecule has 7 nitrogen and oxygen atoms in total. The number of ether oxygens (including phenoxy) is 3. The fraction of sp³-hybridized carbons (Fsp3) is 0.154. The number of amides is 1. The van der Waals surface area contributed by atoms with E-state index in [0.717, 1.165) is 4.90 Å². The fourth-order valence-corrected chi connectivity index (χ4v) is 3.99. The second-order valence-electron chi connectivity index (χ2n) is 7.46. The minimum Gasteiger partial charge on any atom is -0.507 e. The average molecular weight is 463 g/mol. The van der Waals surface area contributed by atoms with E-state index in [1.54, 1.807) is 36.4 Å². The normalized spacial score (nSPS) is 17.1. The Morgan fingerprint density at radius 2 is 1.62 bits per heavy atom. The van der Waals surface area contributed by atoms with Crippen molar-refractivity contribution < 1.29 is 33.3 Å². The molecule has 0 radical (unpaired) electrons. The van der Waals surface area contributed by atoms with Gasteiger partial charge in [-0.05, 0) is 36.4 Å². The quantitative estimate of drug-likeness (QED) is 0.330. The van der Waals surface area contributed by atoms with Gasteiger partial charge in [0.2, 0.25) is 0 Å². The van der Waals surface area contributed by atoms with Crippen LogP contribution in [-0.2, 0) is 9.59 Å². The molecule has 1 aliphatic heterocycles. The summed E-state index contributed by atoms with van der Waals surface area (Å²) < 4.78 is 30.7. The van der Waals surface area contributed by atoms with Crippen molar-refractivity contribution in [3.8, 4) is 17.2 Å². The summed E-state index contributed by atoms with van der Waals surface area (Å²) in [4.78, 5) is 27.6. The number of carbonyl (C=O) groups is 2. The topological polar surface area (TPSA) is 85.3 Å². The first kappa shape index (κ1) is 22.8. The summed E-state index contributed by atoms with van der Waals surface area (Å²) in [5.74, 6) is -1.74. The van der Waals surface area contributed by atoms with Crippen LogP contribution in [0.3, 0.4) is 0 Å². The van der Waals surface area contributed by atoms with Crippen LogP contribution < -0.4 is 19.1 Å². The fourth-order valence-electron chi connectivity index (χ4n) is 3.99. The Bertz CT molecular complexity index is 1300. The molecule has 0 aliphatic carbocycles. The molecule has 1 aliphatic rings. The molecule has 1 atom stereocenters. The molecule has 1 unspecified atom stereocenters. The van der Waals surface area contributed by atoms with Crippen LogP contribution >= 0.6 is 0 Å². The number of benzene rings is 3. The number of Topliss-reactive ketones (excluding diaryl/α,β-unsaturated/α-hetero) is 1. The lowest BCUT2D eigenvalue weighted by atomic mass is 9.94. The van der Waals surface area contributed by atoms with E-state index >= 15 is 0 Å². The number of nitrogens with zero attached hydrogens (tertiary/aromatic N) is 1. The van der Waals surface area contributed by atoms with E-state index in [0.29, 0.717) is 22.9 Å². The van der Waals surface area contributed by atoms with Crippen LogP contribution in [0.25, 0.3) is 5.76 Å². The van der Waals surface area contributed by atoms with Crippen molar-refractivity contribution in [3.05, 3.63) is 89.2 Å². The molecule has 0 saturated carbocycles. The Morgan fingerprint density at radius 3 is 2.29 bits per heavy atom. The van der Waals surface area contributed by atoms with Gasteiger partial charge in [0.25, 0.3) is 11.7 Å². The van der Waals surface area contributed by atoms with Crippen LogP contribution in [0.2, 0.25) is 0 Å². The number of aliphatic hydroxyl groups excluding tert-OH is 1. The monoisotopic (exact) mass is 463 g/mol. The molecular formula is C26H22FNO6. The van der Waals surface area contributed by atoms with Gasteiger partial charge < -0.3 is 19.3 Å². The van der Waals surface area contributed by atoms with E-state index in [9.17, 15) is 19.1 Å². The van der Waals surface area contributed by atoms with E-state index in [-0.39, 0.29) is 16.7 Å². The summed E-state index contributed by atoms with van der Waals surface area (Å²) in [5.41, 5.74) is 0.348. The highest BCUT2D eigenvalue weighted by molar-refractivity contribution is 6.51. The molecule has 174 valence electrons. The van der Waals surface area contributed by atoms with Crippen LogP contribution in [0, 0.1) is 5.82 Å². The minimum absolute atomic E-state index is 0.0616. The van der Waals surface area contributed by atoms with Gasteiger partial charge in [-0.15, -0.1) is 0 Å².